The lowest BCUT2D eigenvalue weighted by atomic mass is 10.0. The molecule has 0 radical (unpaired) electrons. The monoisotopic (exact) mass is 355 g/mol. The van der Waals surface area contributed by atoms with Gasteiger partial charge in [-0.25, -0.2) is 4.39 Å². The molecule has 0 saturated heterocycles. The second-order valence-electron chi connectivity index (χ2n) is 6.84. The third-order valence-electron chi connectivity index (χ3n) is 4.59. The molecule has 2 aromatic rings. The molecule has 0 heterocycles. The van der Waals surface area contributed by atoms with E-state index in [-0.39, 0.29) is 48.0 Å². The molecule has 3 rings (SSSR count). The van der Waals surface area contributed by atoms with E-state index in [9.17, 15) is 14.0 Å². The standard InChI is InChI=1S/C21H22FNO3/c1-13(2)23(15-7-5-4-6-8-15)19(25)12-26-18-10-9-16(22)20-14(3)11-17(24)21(18)20/h4-10,13-14H,11-12H2,1-3H3/t14-/m0/s1. The van der Waals surface area contributed by atoms with Gasteiger partial charge in [0.05, 0.1) is 5.56 Å². The zero-order chi connectivity index (χ0) is 18.8. The van der Waals surface area contributed by atoms with E-state index in [4.69, 9.17) is 4.74 Å². The number of amides is 1. The Morgan fingerprint density at radius 2 is 1.92 bits per heavy atom. The van der Waals surface area contributed by atoms with Crippen LogP contribution >= 0.6 is 0 Å². The van der Waals surface area contributed by atoms with Crippen LogP contribution in [0.25, 0.3) is 0 Å². The van der Waals surface area contributed by atoms with Crippen molar-refractivity contribution in [3.63, 3.8) is 0 Å². The van der Waals surface area contributed by atoms with Gasteiger partial charge in [0.2, 0.25) is 0 Å². The number of benzene rings is 2. The van der Waals surface area contributed by atoms with Crippen LogP contribution in [-0.4, -0.2) is 24.3 Å². The van der Waals surface area contributed by atoms with Crippen LogP contribution < -0.4 is 9.64 Å². The van der Waals surface area contributed by atoms with Gasteiger partial charge in [-0.15, -0.1) is 0 Å². The predicted molar refractivity (Wildman–Crippen MR) is 98.3 cm³/mol. The molecule has 0 bridgehead atoms. The molecule has 4 nitrogen and oxygen atoms in total. The Kier molecular flexibility index (Phi) is 5.07. The van der Waals surface area contributed by atoms with Crippen LogP contribution in [0, 0.1) is 5.82 Å². The third-order valence-corrected chi connectivity index (χ3v) is 4.59. The van der Waals surface area contributed by atoms with Crippen LogP contribution in [0.4, 0.5) is 10.1 Å². The van der Waals surface area contributed by atoms with E-state index in [1.807, 2.05) is 51.1 Å². The molecule has 0 N–H and O–H groups in total. The minimum atomic E-state index is -0.398. The normalized spacial score (nSPS) is 15.9. The summed E-state index contributed by atoms with van der Waals surface area (Å²) >= 11 is 0. The number of carbonyl (C=O) groups is 2. The average Bonchev–Trinajstić information content (AvgIpc) is 2.91. The molecule has 136 valence electrons. The SMILES string of the molecule is CC(C)N(C(=O)COc1ccc(F)c2c1C(=O)C[C@@H]2C)c1ccccc1. The van der Waals surface area contributed by atoms with Gasteiger partial charge in [0.1, 0.15) is 11.6 Å². The number of para-hydroxylation sites is 1. The first kappa shape index (κ1) is 18.1. The van der Waals surface area contributed by atoms with E-state index >= 15 is 0 Å². The number of hydrogen-bond acceptors (Lipinski definition) is 3. The maximum Gasteiger partial charge on any atom is 0.265 e. The molecule has 2 aromatic carbocycles. The van der Waals surface area contributed by atoms with Crippen molar-refractivity contribution in [3.8, 4) is 5.75 Å². The Balaban J connectivity index is 1.81. The van der Waals surface area contributed by atoms with Crippen molar-refractivity contribution >= 4 is 17.4 Å². The van der Waals surface area contributed by atoms with E-state index in [1.54, 1.807) is 4.90 Å². The lowest BCUT2D eigenvalue weighted by Crippen LogP contribution is -2.40. The molecular weight excluding hydrogens is 333 g/mol. The summed E-state index contributed by atoms with van der Waals surface area (Å²) in [4.78, 5) is 26.6. The van der Waals surface area contributed by atoms with Gasteiger partial charge in [0, 0.05) is 23.7 Å². The maximum absolute atomic E-state index is 14.1. The van der Waals surface area contributed by atoms with Gasteiger partial charge in [-0.2, -0.15) is 0 Å². The molecule has 1 amide bonds. The second-order valence-corrected chi connectivity index (χ2v) is 6.84. The van der Waals surface area contributed by atoms with Crippen molar-refractivity contribution in [2.24, 2.45) is 0 Å². The van der Waals surface area contributed by atoms with Crippen LogP contribution in [0.15, 0.2) is 42.5 Å². The van der Waals surface area contributed by atoms with Crippen molar-refractivity contribution in [3.05, 3.63) is 59.4 Å². The molecule has 0 spiro atoms. The Labute approximate surface area is 152 Å². The van der Waals surface area contributed by atoms with Crippen LogP contribution in [0.2, 0.25) is 0 Å². The van der Waals surface area contributed by atoms with Crippen LogP contribution in [0.5, 0.6) is 5.75 Å². The van der Waals surface area contributed by atoms with Crippen molar-refractivity contribution in [2.45, 2.75) is 39.2 Å². The number of anilines is 1. The summed E-state index contributed by atoms with van der Waals surface area (Å²) in [6, 6.07) is 12.0. The summed E-state index contributed by atoms with van der Waals surface area (Å²) in [7, 11) is 0. The average molecular weight is 355 g/mol. The minimum Gasteiger partial charge on any atom is -0.483 e. The highest BCUT2D eigenvalue weighted by atomic mass is 19.1. The number of fused-ring (bicyclic) bond motifs is 1. The first-order chi connectivity index (χ1) is 12.4. The van der Waals surface area contributed by atoms with E-state index in [1.165, 1.54) is 12.1 Å². The Bertz CT molecular complexity index is 833. The summed E-state index contributed by atoms with van der Waals surface area (Å²) < 4.78 is 19.7. The Hall–Kier alpha value is -2.69. The van der Waals surface area contributed by atoms with E-state index in [2.05, 4.69) is 0 Å². The maximum atomic E-state index is 14.1. The first-order valence-electron chi connectivity index (χ1n) is 8.75. The number of rotatable bonds is 5. The highest BCUT2D eigenvalue weighted by Gasteiger charge is 2.33. The van der Waals surface area contributed by atoms with Gasteiger partial charge in [-0.05, 0) is 44.0 Å². The number of nitrogens with zero attached hydrogens (tertiary/aromatic N) is 1. The molecule has 0 unspecified atom stereocenters. The Morgan fingerprint density at radius 1 is 1.23 bits per heavy atom. The lowest BCUT2D eigenvalue weighted by Gasteiger charge is -2.27. The highest BCUT2D eigenvalue weighted by molar-refractivity contribution is 6.04. The van der Waals surface area contributed by atoms with Gasteiger partial charge in [0.15, 0.2) is 12.4 Å². The fourth-order valence-electron chi connectivity index (χ4n) is 3.47. The third kappa shape index (κ3) is 3.34. The molecule has 26 heavy (non-hydrogen) atoms. The van der Waals surface area contributed by atoms with Gasteiger partial charge >= 0.3 is 0 Å². The summed E-state index contributed by atoms with van der Waals surface area (Å²) in [6.07, 6.45) is 0.267. The largest absolute Gasteiger partial charge is 0.483 e. The van der Waals surface area contributed by atoms with Crippen LogP contribution in [0.1, 0.15) is 49.0 Å². The van der Waals surface area contributed by atoms with E-state index < -0.39 is 5.82 Å². The predicted octanol–water partition coefficient (Wildman–Crippen LogP) is 4.34. The van der Waals surface area contributed by atoms with Crippen LogP contribution in [0.3, 0.4) is 0 Å². The van der Waals surface area contributed by atoms with E-state index in [0.717, 1.165) is 5.69 Å². The number of ether oxygens (including phenoxy) is 1. The number of halogens is 1. The Morgan fingerprint density at radius 3 is 2.58 bits per heavy atom. The van der Waals surface area contributed by atoms with Gasteiger partial charge < -0.3 is 9.64 Å². The fourth-order valence-corrected chi connectivity index (χ4v) is 3.47. The summed E-state index contributed by atoms with van der Waals surface area (Å²) in [5.74, 6) is -0.653. The van der Waals surface area contributed by atoms with Crippen molar-refractivity contribution in [2.75, 3.05) is 11.5 Å². The first-order valence-corrected chi connectivity index (χ1v) is 8.75. The molecule has 1 aliphatic carbocycles. The van der Waals surface area contributed by atoms with Crippen molar-refractivity contribution < 1.29 is 18.7 Å². The van der Waals surface area contributed by atoms with Gasteiger partial charge in [-0.3, -0.25) is 9.59 Å². The molecule has 0 aliphatic heterocycles. The molecule has 0 aromatic heterocycles. The number of ketones is 1. The number of hydrogen-bond donors (Lipinski definition) is 0. The molecule has 5 heteroatoms. The molecule has 0 saturated carbocycles. The summed E-state index contributed by atoms with van der Waals surface area (Å²) in [5, 5.41) is 0. The smallest absolute Gasteiger partial charge is 0.265 e. The highest BCUT2D eigenvalue weighted by Crippen LogP contribution is 2.39. The molecule has 0 fully saturated rings. The zero-order valence-corrected chi connectivity index (χ0v) is 15.2. The molecule has 1 aliphatic rings. The number of carbonyl (C=O) groups excluding carboxylic acids is 2. The zero-order valence-electron chi connectivity index (χ0n) is 15.2. The minimum absolute atomic E-state index is 0.0471. The lowest BCUT2D eigenvalue weighted by molar-refractivity contribution is -0.120. The van der Waals surface area contributed by atoms with E-state index in [0.29, 0.717) is 5.56 Å². The van der Waals surface area contributed by atoms with Gasteiger partial charge in [-0.1, -0.05) is 25.1 Å². The van der Waals surface area contributed by atoms with Crippen molar-refractivity contribution in [1.82, 2.24) is 0 Å². The van der Waals surface area contributed by atoms with Crippen LogP contribution in [-0.2, 0) is 4.79 Å². The molecule has 1 atom stereocenters. The second kappa shape index (κ2) is 7.28. The topological polar surface area (TPSA) is 46.6 Å². The number of Topliss-reactive ketones (excluding diaryl/α,β-unsaturated/α-hetero) is 1. The molecular formula is C21H22FNO3. The fraction of sp³-hybridized carbons (Fsp3) is 0.333. The summed E-state index contributed by atoms with van der Waals surface area (Å²) in [6.45, 7) is 5.45. The van der Waals surface area contributed by atoms with Crippen molar-refractivity contribution in [1.29, 1.82) is 0 Å². The summed E-state index contributed by atoms with van der Waals surface area (Å²) in [5.41, 5.74) is 1.45. The van der Waals surface area contributed by atoms with Gasteiger partial charge in [0.25, 0.3) is 5.91 Å². The quantitative estimate of drug-likeness (QED) is 0.802.